The van der Waals surface area contributed by atoms with Gasteiger partial charge < -0.3 is 15.7 Å². The SMILES string of the molecule is CC1CC(Nc2cc3ncccc3c(NC3C[C@H]4CCC[C@@H](C3)N4Cc3cccc(O)c3)n2)NN1. The summed E-state index contributed by atoms with van der Waals surface area (Å²) in [7, 11) is 0. The van der Waals surface area contributed by atoms with Crippen molar-refractivity contribution in [1.29, 1.82) is 0 Å². The molecule has 0 amide bonds. The molecule has 2 bridgehead atoms. The molecule has 3 aromatic rings. The highest BCUT2D eigenvalue weighted by Gasteiger charge is 2.38. The molecule has 0 aliphatic carbocycles. The normalized spacial score (nSPS) is 28.8. The first-order valence-electron chi connectivity index (χ1n) is 12.9. The maximum absolute atomic E-state index is 9.91. The molecule has 5 atom stereocenters. The fourth-order valence-corrected chi connectivity index (χ4v) is 6.16. The van der Waals surface area contributed by atoms with E-state index >= 15 is 0 Å². The van der Waals surface area contributed by atoms with Crippen molar-refractivity contribution in [1.82, 2.24) is 25.7 Å². The van der Waals surface area contributed by atoms with Gasteiger partial charge in [-0.25, -0.2) is 10.4 Å². The molecule has 0 spiro atoms. The van der Waals surface area contributed by atoms with Crippen molar-refractivity contribution in [2.45, 2.75) is 82.3 Å². The van der Waals surface area contributed by atoms with Crippen molar-refractivity contribution < 1.29 is 5.11 Å². The molecule has 3 fully saturated rings. The zero-order valence-corrected chi connectivity index (χ0v) is 20.2. The summed E-state index contributed by atoms with van der Waals surface area (Å²) >= 11 is 0. The molecule has 8 nitrogen and oxygen atoms in total. The molecule has 2 aromatic heterocycles. The van der Waals surface area contributed by atoms with Gasteiger partial charge in [0, 0.05) is 48.4 Å². The fourth-order valence-electron chi connectivity index (χ4n) is 6.16. The van der Waals surface area contributed by atoms with E-state index < -0.39 is 0 Å². The van der Waals surface area contributed by atoms with Gasteiger partial charge in [0.1, 0.15) is 17.4 Å². The van der Waals surface area contributed by atoms with Crippen LogP contribution in [0, 0.1) is 0 Å². The number of fused-ring (bicyclic) bond motifs is 3. The maximum Gasteiger partial charge on any atom is 0.138 e. The molecule has 3 unspecified atom stereocenters. The Hall–Kier alpha value is -2.94. The Morgan fingerprint density at radius 3 is 2.66 bits per heavy atom. The Balaban J connectivity index is 1.20. The van der Waals surface area contributed by atoms with Crippen LogP contribution < -0.4 is 21.5 Å². The molecule has 1 aromatic carbocycles. The number of hydrogen-bond donors (Lipinski definition) is 5. The van der Waals surface area contributed by atoms with E-state index in [9.17, 15) is 5.11 Å². The molecule has 6 rings (SSSR count). The van der Waals surface area contributed by atoms with Crippen molar-refractivity contribution in [2.24, 2.45) is 0 Å². The molecule has 5 heterocycles. The van der Waals surface area contributed by atoms with Crippen LogP contribution in [-0.4, -0.2) is 50.3 Å². The average Bonchev–Trinajstić information content (AvgIpc) is 3.24. The summed E-state index contributed by atoms with van der Waals surface area (Å²) in [5.41, 5.74) is 8.70. The van der Waals surface area contributed by atoms with Gasteiger partial charge in [0.25, 0.3) is 0 Å². The van der Waals surface area contributed by atoms with Crippen molar-refractivity contribution >= 4 is 22.5 Å². The van der Waals surface area contributed by atoms with E-state index in [1.54, 1.807) is 6.07 Å². The van der Waals surface area contributed by atoms with E-state index in [1.807, 2.05) is 30.5 Å². The van der Waals surface area contributed by atoms with E-state index in [1.165, 1.54) is 24.8 Å². The molecule has 0 saturated carbocycles. The number of aromatic nitrogens is 2. The number of piperidine rings is 2. The van der Waals surface area contributed by atoms with Crippen molar-refractivity contribution in [3.8, 4) is 5.75 Å². The zero-order chi connectivity index (χ0) is 23.8. The van der Waals surface area contributed by atoms with Crippen LogP contribution in [0.4, 0.5) is 11.6 Å². The fraction of sp³-hybridized carbons (Fsp3) is 0.481. The average molecular weight is 474 g/mol. The minimum absolute atomic E-state index is 0.145. The third-order valence-corrected chi connectivity index (χ3v) is 7.76. The molecule has 184 valence electrons. The lowest BCUT2D eigenvalue weighted by molar-refractivity contribution is 0.0277. The van der Waals surface area contributed by atoms with E-state index in [0.717, 1.165) is 48.3 Å². The molecule has 35 heavy (non-hydrogen) atoms. The van der Waals surface area contributed by atoms with Crippen LogP contribution >= 0.6 is 0 Å². The Morgan fingerprint density at radius 1 is 1.03 bits per heavy atom. The lowest BCUT2D eigenvalue weighted by Crippen LogP contribution is -2.54. The highest BCUT2D eigenvalue weighted by Crippen LogP contribution is 2.37. The summed E-state index contributed by atoms with van der Waals surface area (Å²) in [6.45, 7) is 3.07. The van der Waals surface area contributed by atoms with Gasteiger partial charge in [-0.3, -0.25) is 15.3 Å². The Labute approximate surface area is 206 Å². The van der Waals surface area contributed by atoms with E-state index in [2.05, 4.69) is 50.4 Å². The summed E-state index contributed by atoms with van der Waals surface area (Å²) in [6, 6.07) is 15.7. The molecular formula is C27H35N7O. The van der Waals surface area contributed by atoms with Gasteiger partial charge in [-0.05, 0) is 68.9 Å². The minimum atomic E-state index is 0.145. The summed E-state index contributed by atoms with van der Waals surface area (Å²) in [5, 5.41) is 18.3. The number of hydrazine groups is 1. The number of hydrogen-bond acceptors (Lipinski definition) is 8. The van der Waals surface area contributed by atoms with Crippen LogP contribution in [0.15, 0.2) is 48.7 Å². The molecule has 3 saturated heterocycles. The number of anilines is 2. The first-order chi connectivity index (χ1) is 17.1. The number of phenols is 1. The topological polar surface area (TPSA) is 97.4 Å². The predicted molar refractivity (Wildman–Crippen MR) is 139 cm³/mol. The van der Waals surface area contributed by atoms with Crippen molar-refractivity contribution in [2.75, 3.05) is 10.6 Å². The van der Waals surface area contributed by atoms with E-state index in [4.69, 9.17) is 4.98 Å². The van der Waals surface area contributed by atoms with E-state index in [-0.39, 0.29) is 6.17 Å². The number of nitrogens with one attached hydrogen (secondary N) is 4. The van der Waals surface area contributed by atoms with Gasteiger partial charge in [-0.15, -0.1) is 0 Å². The third kappa shape index (κ3) is 4.91. The zero-order valence-electron chi connectivity index (χ0n) is 20.2. The van der Waals surface area contributed by atoms with Crippen molar-refractivity contribution in [3.05, 3.63) is 54.2 Å². The van der Waals surface area contributed by atoms with Gasteiger partial charge in [0.15, 0.2) is 0 Å². The van der Waals surface area contributed by atoms with Crippen LogP contribution in [-0.2, 0) is 6.54 Å². The number of benzene rings is 1. The second-order valence-electron chi connectivity index (χ2n) is 10.4. The number of nitrogens with zero attached hydrogens (tertiary/aromatic N) is 3. The lowest BCUT2D eigenvalue weighted by atomic mass is 9.81. The Morgan fingerprint density at radius 2 is 1.89 bits per heavy atom. The van der Waals surface area contributed by atoms with E-state index in [0.29, 0.717) is 29.9 Å². The number of aromatic hydroxyl groups is 1. The van der Waals surface area contributed by atoms with Crippen LogP contribution in [0.25, 0.3) is 10.9 Å². The quantitative estimate of drug-likeness (QED) is 0.367. The van der Waals surface area contributed by atoms with Crippen LogP contribution in [0.5, 0.6) is 5.75 Å². The van der Waals surface area contributed by atoms with Crippen LogP contribution in [0.3, 0.4) is 0 Å². The highest BCUT2D eigenvalue weighted by molar-refractivity contribution is 5.91. The number of phenolic OH excluding ortho intramolecular Hbond substituents is 1. The largest absolute Gasteiger partial charge is 0.508 e. The van der Waals surface area contributed by atoms with Gasteiger partial charge in [-0.2, -0.15) is 0 Å². The molecule has 5 N–H and O–H groups in total. The predicted octanol–water partition coefficient (Wildman–Crippen LogP) is 3.96. The summed E-state index contributed by atoms with van der Waals surface area (Å²) < 4.78 is 0. The summed E-state index contributed by atoms with van der Waals surface area (Å²) in [6.07, 6.45) is 8.93. The first kappa shape index (κ1) is 22.5. The molecule has 0 radical (unpaired) electrons. The lowest BCUT2D eigenvalue weighted by Gasteiger charge is -2.49. The first-order valence-corrected chi connectivity index (χ1v) is 12.9. The smallest absolute Gasteiger partial charge is 0.138 e. The standard InChI is InChI=1S/C27H35N7O/c1-17-11-26(33-32-17)30-25-15-24-23(9-4-10-28-24)27(31-25)29-19-13-20-6-3-7-21(14-19)34(20)16-18-5-2-8-22(35)12-18/h2,4-5,8-10,12,15,17,19-21,26,32-33,35H,3,6-7,11,13-14,16H2,1H3,(H2,29,30,31)/t17?,19?,20-,21+,26?. The molecular weight excluding hydrogens is 438 g/mol. The Bertz CT molecular complexity index is 1170. The van der Waals surface area contributed by atoms with Crippen molar-refractivity contribution in [3.63, 3.8) is 0 Å². The number of rotatable bonds is 6. The van der Waals surface area contributed by atoms with Crippen LogP contribution in [0.1, 0.15) is 51.0 Å². The summed E-state index contributed by atoms with van der Waals surface area (Å²) in [4.78, 5) is 12.3. The molecule has 8 heteroatoms. The third-order valence-electron chi connectivity index (χ3n) is 7.76. The molecule has 3 aliphatic heterocycles. The Kier molecular flexibility index (Phi) is 6.18. The van der Waals surface area contributed by atoms with Gasteiger partial charge in [0.2, 0.25) is 0 Å². The van der Waals surface area contributed by atoms with Gasteiger partial charge in [0.05, 0.1) is 11.7 Å². The maximum atomic E-state index is 9.91. The second-order valence-corrected chi connectivity index (χ2v) is 10.4. The minimum Gasteiger partial charge on any atom is -0.508 e. The van der Waals surface area contributed by atoms with Gasteiger partial charge in [-0.1, -0.05) is 18.6 Å². The second kappa shape index (κ2) is 9.60. The number of pyridine rings is 2. The monoisotopic (exact) mass is 473 g/mol. The highest BCUT2D eigenvalue weighted by atomic mass is 16.3. The molecule has 3 aliphatic rings. The van der Waals surface area contributed by atoms with Crippen LogP contribution in [0.2, 0.25) is 0 Å². The summed E-state index contributed by atoms with van der Waals surface area (Å²) in [5.74, 6) is 2.11. The van der Waals surface area contributed by atoms with Gasteiger partial charge >= 0.3 is 0 Å².